The quantitative estimate of drug-likeness (QED) is 0.380. The van der Waals surface area contributed by atoms with Gasteiger partial charge < -0.3 is 19.7 Å². The van der Waals surface area contributed by atoms with Crippen LogP contribution >= 0.6 is 22.9 Å². The number of hydrogen-bond acceptors (Lipinski definition) is 8. The summed E-state index contributed by atoms with van der Waals surface area (Å²) in [5.41, 5.74) is 4.23. The van der Waals surface area contributed by atoms with E-state index in [0.717, 1.165) is 34.6 Å². The van der Waals surface area contributed by atoms with Gasteiger partial charge in [0.25, 0.3) is 0 Å². The largest absolute Gasteiger partial charge is 0.491 e. The fourth-order valence-corrected chi connectivity index (χ4v) is 3.70. The van der Waals surface area contributed by atoms with E-state index in [4.69, 9.17) is 21.1 Å². The van der Waals surface area contributed by atoms with Crippen LogP contribution in [0.25, 0.3) is 10.9 Å². The van der Waals surface area contributed by atoms with Crippen LogP contribution in [0.1, 0.15) is 5.69 Å². The molecule has 0 unspecified atom stereocenters. The molecule has 0 aliphatic heterocycles. The molecule has 0 bridgehead atoms. The molecular weight excluding hydrogens is 434 g/mol. The molecule has 0 radical (unpaired) electrons. The van der Waals surface area contributed by atoms with E-state index in [9.17, 15) is 0 Å². The van der Waals surface area contributed by atoms with Crippen molar-refractivity contribution in [1.29, 1.82) is 0 Å². The van der Waals surface area contributed by atoms with Gasteiger partial charge in [0.1, 0.15) is 36.9 Å². The number of nitrogens with zero attached hydrogens (tertiary/aromatic N) is 4. The van der Waals surface area contributed by atoms with Gasteiger partial charge in [-0.15, -0.1) is 11.3 Å². The van der Waals surface area contributed by atoms with Crippen LogP contribution in [-0.2, 0) is 6.61 Å². The third-order valence-corrected chi connectivity index (χ3v) is 5.41. The smallest absolute Gasteiger partial charge is 0.145 e. The van der Waals surface area contributed by atoms with Crippen LogP contribution in [0.2, 0.25) is 5.02 Å². The number of thiazole rings is 1. The zero-order valence-electron chi connectivity index (χ0n) is 17.2. The second-order valence-corrected chi connectivity index (χ2v) is 8.19. The molecular formula is C22H22ClN5O2S. The van der Waals surface area contributed by atoms with Crippen molar-refractivity contribution in [3.8, 4) is 11.5 Å². The number of likely N-dealkylation sites (N-methyl/N-ethyl adjacent to an activating group) is 1. The van der Waals surface area contributed by atoms with Crippen LogP contribution in [0.15, 0.2) is 53.6 Å². The molecule has 160 valence electrons. The standard InChI is InChI=1S/C22H22ClN5O2S/c1-28(2)8-9-29-20-5-3-4-18-21(20)22(25-13-24-18)27-15-6-7-19(17(23)10-15)30-11-16-12-31-14-26-16/h3-7,10,12-14H,8-9,11H2,1-2H3,(H,24,25,27). The maximum Gasteiger partial charge on any atom is 0.145 e. The molecule has 4 rings (SSSR count). The van der Waals surface area contributed by atoms with Crippen molar-refractivity contribution in [3.05, 3.63) is 64.3 Å². The Labute approximate surface area is 189 Å². The Kier molecular flexibility index (Phi) is 6.81. The second-order valence-electron chi connectivity index (χ2n) is 7.06. The molecule has 0 amide bonds. The van der Waals surface area contributed by atoms with Gasteiger partial charge in [0.2, 0.25) is 0 Å². The lowest BCUT2D eigenvalue weighted by Gasteiger charge is -2.15. The Morgan fingerprint density at radius 1 is 1.06 bits per heavy atom. The summed E-state index contributed by atoms with van der Waals surface area (Å²) in [5, 5.41) is 6.60. The zero-order valence-corrected chi connectivity index (χ0v) is 18.8. The van der Waals surface area contributed by atoms with Crippen molar-refractivity contribution < 1.29 is 9.47 Å². The van der Waals surface area contributed by atoms with Gasteiger partial charge in [-0.2, -0.15) is 0 Å². The highest BCUT2D eigenvalue weighted by molar-refractivity contribution is 7.07. The first-order valence-electron chi connectivity index (χ1n) is 9.68. The van der Waals surface area contributed by atoms with Gasteiger partial charge in [-0.1, -0.05) is 17.7 Å². The van der Waals surface area contributed by atoms with Gasteiger partial charge in [0.05, 0.1) is 27.1 Å². The number of ether oxygens (including phenoxy) is 2. The summed E-state index contributed by atoms with van der Waals surface area (Å²) in [5.74, 6) is 1.98. The lowest BCUT2D eigenvalue weighted by molar-refractivity contribution is 0.263. The average Bonchev–Trinajstić information content (AvgIpc) is 3.27. The van der Waals surface area contributed by atoms with Gasteiger partial charge in [0, 0.05) is 17.6 Å². The summed E-state index contributed by atoms with van der Waals surface area (Å²) < 4.78 is 11.8. The molecule has 0 atom stereocenters. The lowest BCUT2D eigenvalue weighted by atomic mass is 10.2. The normalized spacial score (nSPS) is 11.1. The Morgan fingerprint density at radius 3 is 2.74 bits per heavy atom. The summed E-state index contributed by atoms with van der Waals surface area (Å²) in [6.45, 7) is 1.75. The van der Waals surface area contributed by atoms with E-state index in [1.807, 2.05) is 49.8 Å². The van der Waals surface area contributed by atoms with Crippen LogP contribution in [0.4, 0.5) is 11.5 Å². The second kappa shape index (κ2) is 9.91. The summed E-state index contributed by atoms with van der Waals surface area (Å²) in [7, 11) is 4.02. The Morgan fingerprint density at radius 2 is 1.97 bits per heavy atom. The third-order valence-electron chi connectivity index (χ3n) is 4.47. The molecule has 0 saturated heterocycles. The van der Waals surface area contributed by atoms with E-state index in [-0.39, 0.29) is 0 Å². The van der Waals surface area contributed by atoms with E-state index >= 15 is 0 Å². The molecule has 2 heterocycles. The molecule has 9 heteroatoms. The highest BCUT2D eigenvalue weighted by Gasteiger charge is 2.12. The molecule has 0 aliphatic rings. The number of hydrogen-bond donors (Lipinski definition) is 1. The highest BCUT2D eigenvalue weighted by atomic mass is 35.5. The van der Waals surface area contributed by atoms with Crippen LogP contribution in [0.3, 0.4) is 0 Å². The fraction of sp³-hybridized carbons (Fsp3) is 0.227. The number of rotatable bonds is 9. The van der Waals surface area contributed by atoms with E-state index in [0.29, 0.717) is 29.8 Å². The summed E-state index contributed by atoms with van der Waals surface area (Å²) in [6, 6.07) is 11.3. The van der Waals surface area contributed by atoms with E-state index in [1.165, 1.54) is 17.7 Å². The van der Waals surface area contributed by atoms with Gasteiger partial charge in [-0.05, 0) is 44.4 Å². The van der Waals surface area contributed by atoms with Gasteiger partial charge in [0.15, 0.2) is 0 Å². The van der Waals surface area contributed by atoms with E-state index < -0.39 is 0 Å². The van der Waals surface area contributed by atoms with Crippen molar-refractivity contribution >= 4 is 45.3 Å². The minimum atomic E-state index is 0.375. The zero-order chi connectivity index (χ0) is 21.6. The fourth-order valence-electron chi connectivity index (χ4n) is 2.92. The highest BCUT2D eigenvalue weighted by Crippen LogP contribution is 2.34. The molecule has 0 saturated carbocycles. The Hall–Kier alpha value is -2.94. The van der Waals surface area contributed by atoms with E-state index in [1.54, 1.807) is 11.6 Å². The maximum absolute atomic E-state index is 6.44. The molecule has 0 fully saturated rings. The first-order chi connectivity index (χ1) is 15.1. The monoisotopic (exact) mass is 455 g/mol. The topological polar surface area (TPSA) is 72.4 Å². The van der Waals surface area contributed by atoms with Crippen LogP contribution in [-0.4, -0.2) is 47.1 Å². The minimum absolute atomic E-state index is 0.375. The van der Waals surface area contributed by atoms with Crippen molar-refractivity contribution in [2.24, 2.45) is 0 Å². The number of aromatic nitrogens is 3. The SMILES string of the molecule is CN(C)CCOc1cccc2ncnc(Nc3ccc(OCc4cscn4)c(Cl)c3)c12. The minimum Gasteiger partial charge on any atom is -0.491 e. The summed E-state index contributed by atoms with van der Waals surface area (Å²) >= 11 is 7.97. The molecule has 2 aromatic heterocycles. The van der Waals surface area contributed by atoms with E-state index in [2.05, 4.69) is 25.2 Å². The molecule has 0 aliphatic carbocycles. The molecule has 4 aromatic rings. The first-order valence-corrected chi connectivity index (χ1v) is 11.0. The van der Waals surface area contributed by atoms with Crippen LogP contribution in [0, 0.1) is 0 Å². The Bertz CT molecular complexity index is 1150. The summed E-state index contributed by atoms with van der Waals surface area (Å²) in [4.78, 5) is 15.1. The predicted molar refractivity (Wildman–Crippen MR) is 125 cm³/mol. The van der Waals surface area contributed by atoms with Crippen molar-refractivity contribution in [1.82, 2.24) is 19.9 Å². The van der Waals surface area contributed by atoms with Crippen LogP contribution in [0.5, 0.6) is 11.5 Å². The number of benzene rings is 2. The van der Waals surface area contributed by atoms with Gasteiger partial charge in [-0.25, -0.2) is 15.0 Å². The average molecular weight is 456 g/mol. The van der Waals surface area contributed by atoms with Gasteiger partial charge >= 0.3 is 0 Å². The van der Waals surface area contributed by atoms with Crippen molar-refractivity contribution in [3.63, 3.8) is 0 Å². The lowest BCUT2D eigenvalue weighted by Crippen LogP contribution is -2.19. The maximum atomic E-state index is 6.44. The van der Waals surface area contributed by atoms with Crippen LogP contribution < -0.4 is 14.8 Å². The number of halogens is 1. The first kappa shape index (κ1) is 21.3. The number of nitrogens with one attached hydrogen (secondary N) is 1. The molecule has 1 N–H and O–H groups in total. The molecule has 7 nitrogen and oxygen atoms in total. The van der Waals surface area contributed by atoms with Crippen molar-refractivity contribution in [2.75, 3.05) is 32.6 Å². The third kappa shape index (κ3) is 5.41. The van der Waals surface area contributed by atoms with Crippen molar-refractivity contribution in [2.45, 2.75) is 6.61 Å². The molecule has 31 heavy (non-hydrogen) atoms. The summed E-state index contributed by atoms with van der Waals surface area (Å²) in [6.07, 6.45) is 1.53. The van der Waals surface area contributed by atoms with Gasteiger partial charge in [-0.3, -0.25) is 0 Å². The predicted octanol–water partition coefficient (Wildman–Crippen LogP) is 5.00. The molecule has 0 spiro atoms. The number of anilines is 2. The molecule has 2 aromatic carbocycles. The Balaban J connectivity index is 1.54. The number of fused-ring (bicyclic) bond motifs is 1.